The summed E-state index contributed by atoms with van der Waals surface area (Å²) in [5.74, 6) is 1.88. The largest absolute Gasteiger partial charge is 0.454 e. The summed E-state index contributed by atoms with van der Waals surface area (Å²) in [4.78, 5) is 12.2. The first kappa shape index (κ1) is 15.1. The van der Waals surface area contributed by atoms with Crippen LogP contribution in [-0.2, 0) is 6.42 Å². The molecule has 8 heteroatoms. The van der Waals surface area contributed by atoms with Gasteiger partial charge in [0.05, 0.1) is 0 Å². The fraction of sp³-hybridized carbons (Fsp3) is 0.176. The van der Waals surface area contributed by atoms with E-state index in [0.29, 0.717) is 24.4 Å². The molecule has 0 saturated carbocycles. The number of ether oxygens (including phenoxy) is 2. The number of aromatic amines is 1. The van der Waals surface area contributed by atoms with E-state index in [0.717, 1.165) is 22.6 Å². The van der Waals surface area contributed by atoms with Crippen molar-refractivity contribution in [2.75, 3.05) is 13.3 Å². The number of carbonyl (C=O) groups excluding carboxylic acids is 1. The number of fused-ring (bicyclic) bond motifs is 1. The van der Waals surface area contributed by atoms with Crippen molar-refractivity contribution in [2.45, 2.75) is 6.42 Å². The smallest absolute Gasteiger partial charge is 0.251 e. The lowest BCUT2D eigenvalue weighted by Gasteiger charge is -2.06. The van der Waals surface area contributed by atoms with Crippen LogP contribution in [-0.4, -0.2) is 39.9 Å². The van der Waals surface area contributed by atoms with Crippen molar-refractivity contribution in [1.82, 2.24) is 25.9 Å². The van der Waals surface area contributed by atoms with Crippen LogP contribution < -0.4 is 14.8 Å². The third-order valence-corrected chi connectivity index (χ3v) is 3.89. The van der Waals surface area contributed by atoms with E-state index in [-0.39, 0.29) is 12.7 Å². The quantitative estimate of drug-likeness (QED) is 0.733. The molecule has 0 spiro atoms. The lowest BCUT2D eigenvalue weighted by molar-refractivity contribution is 0.0954. The molecular weight excluding hydrogens is 322 g/mol. The van der Waals surface area contributed by atoms with Crippen LogP contribution in [0.1, 0.15) is 15.9 Å². The van der Waals surface area contributed by atoms with Crippen LogP contribution >= 0.6 is 0 Å². The number of carbonyl (C=O) groups is 1. The zero-order valence-electron chi connectivity index (χ0n) is 13.2. The number of nitrogens with zero attached hydrogens (tertiary/aromatic N) is 3. The summed E-state index contributed by atoms with van der Waals surface area (Å²) in [7, 11) is 0. The van der Waals surface area contributed by atoms with Crippen LogP contribution in [0.2, 0.25) is 0 Å². The number of amides is 1. The van der Waals surface area contributed by atoms with Crippen LogP contribution in [0.3, 0.4) is 0 Å². The molecule has 2 heterocycles. The normalized spacial score (nSPS) is 12.2. The molecular formula is C17H15N5O3. The van der Waals surface area contributed by atoms with E-state index in [2.05, 4.69) is 25.9 Å². The third-order valence-electron chi connectivity index (χ3n) is 3.89. The topological polar surface area (TPSA) is 102 Å². The van der Waals surface area contributed by atoms with E-state index in [4.69, 9.17) is 9.47 Å². The standard InChI is InChI=1S/C17H15N5O3/c23-17(13-4-2-12(3-5-13)16-19-21-22-20-16)18-8-7-11-1-6-14-15(9-11)25-10-24-14/h1-6,9H,7-8,10H2,(H,18,23)(H,19,20,21,22). The summed E-state index contributed by atoms with van der Waals surface area (Å²) in [6.45, 7) is 0.792. The molecule has 25 heavy (non-hydrogen) atoms. The second kappa shape index (κ2) is 6.60. The van der Waals surface area contributed by atoms with Gasteiger partial charge in [-0.25, -0.2) is 0 Å². The van der Waals surface area contributed by atoms with Crippen molar-refractivity contribution < 1.29 is 14.3 Å². The summed E-state index contributed by atoms with van der Waals surface area (Å²) in [6.07, 6.45) is 0.712. The Kier molecular flexibility index (Phi) is 3.99. The van der Waals surface area contributed by atoms with Gasteiger partial charge in [-0.15, -0.1) is 10.2 Å². The highest BCUT2D eigenvalue weighted by molar-refractivity contribution is 5.94. The van der Waals surface area contributed by atoms with Crippen molar-refractivity contribution in [1.29, 1.82) is 0 Å². The first-order chi connectivity index (χ1) is 12.3. The highest BCUT2D eigenvalue weighted by atomic mass is 16.7. The van der Waals surface area contributed by atoms with E-state index in [1.54, 1.807) is 24.3 Å². The number of hydrogen-bond donors (Lipinski definition) is 2. The molecule has 126 valence electrons. The van der Waals surface area contributed by atoms with Gasteiger partial charge in [-0.05, 0) is 41.5 Å². The first-order valence-corrected chi connectivity index (χ1v) is 7.80. The maximum absolute atomic E-state index is 12.2. The Morgan fingerprint density at radius 3 is 2.76 bits per heavy atom. The van der Waals surface area contributed by atoms with Gasteiger partial charge in [0.1, 0.15) is 0 Å². The number of H-pyrrole nitrogens is 1. The number of nitrogens with one attached hydrogen (secondary N) is 2. The second-order valence-corrected chi connectivity index (χ2v) is 5.51. The summed E-state index contributed by atoms with van der Waals surface area (Å²) in [5.41, 5.74) is 2.46. The monoisotopic (exact) mass is 337 g/mol. The van der Waals surface area contributed by atoms with E-state index in [1.165, 1.54) is 0 Å². The molecule has 0 radical (unpaired) electrons. The number of aromatic nitrogens is 4. The molecule has 0 saturated heterocycles. The Balaban J connectivity index is 1.33. The van der Waals surface area contributed by atoms with Crippen LogP contribution in [0.4, 0.5) is 0 Å². The fourth-order valence-electron chi connectivity index (χ4n) is 2.57. The Labute approximate surface area is 143 Å². The van der Waals surface area contributed by atoms with Gasteiger partial charge in [-0.3, -0.25) is 4.79 Å². The molecule has 1 aromatic heterocycles. The van der Waals surface area contributed by atoms with E-state index in [9.17, 15) is 4.79 Å². The fourth-order valence-corrected chi connectivity index (χ4v) is 2.57. The number of rotatable bonds is 5. The lowest BCUT2D eigenvalue weighted by Crippen LogP contribution is -2.25. The van der Waals surface area contributed by atoms with Crippen LogP contribution in [0.15, 0.2) is 42.5 Å². The van der Waals surface area contributed by atoms with E-state index < -0.39 is 0 Å². The molecule has 1 aliphatic rings. The molecule has 1 aliphatic heterocycles. The Morgan fingerprint density at radius 1 is 1.12 bits per heavy atom. The summed E-state index contributed by atoms with van der Waals surface area (Å²) < 4.78 is 10.6. The molecule has 0 atom stereocenters. The zero-order valence-corrected chi connectivity index (χ0v) is 13.2. The summed E-state index contributed by atoms with van der Waals surface area (Å²) in [5, 5.41) is 16.6. The number of tetrazole rings is 1. The maximum atomic E-state index is 12.2. The molecule has 8 nitrogen and oxygen atoms in total. The Morgan fingerprint density at radius 2 is 1.96 bits per heavy atom. The van der Waals surface area contributed by atoms with Crippen LogP contribution in [0.5, 0.6) is 11.5 Å². The summed E-state index contributed by atoms with van der Waals surface area (Å²) >= 11 is 0. The molecule has 0 unspecified atom stereocenters. The molecule has 3 aromatic rings. The molecule has 0 fully saturated rings. The first-order valence-electron chi connectivity index (χ1n) is 7.80. The minimum absolute atomic E-state index is 0.125. The van der Waals surface area contributed by atoms with Crippen molar-refractivity contribution in [3.05, 3.63) is 53.6 Å². The number of hydrogen-bond acceptors (Lipinski definition) is 6. The number of benzene rings is 2. The van der Waals surface area contributed by atoms with Gasteiger partial charge in [0.2, 0.25) is 12.6 Å². The third kappa shape index (κ3) is 3.27. The molecule has 0 aliphatic carbocycles. The average Bonchev–Trinajstić information content (AvgIpc) is 3.33. The van der Waals surface area contributed by atoms with Crippen molar-refractivity contribution in [3.8, 4) is 22.9 Å². The zero-order chi connectivity index (χ0) is 17.1. The second-order valence-electron chi connectivity index (χ2n) is 5.51. The highest BCUT2D eigenvalue weighted by Crippen LogP contribution is 2.32. The molecule has 4 rings (SSSR count). The van der Waals surface area contributed by atoms with Gasteiger partial charge in [0.15, 0.2) is 11.5 Å². The van der Waals surface area contributed by atoms with Crippen molar-refractivity contribution >= 4 is 5.91 Å². The maximum Gasteiger partial charge on any atom is 0.251 e. The van der Waals surface area contributed by atoms with Gasteiger partial charge in [0.25, 0.3) is 5.91 Å². The minimum atomic E-state index is -0.125. The van der Waals surface area contributed by atoms with Gasteiger partial charge < -0.3 is 14.8 Å². The van der Waals surface area contributed by atoms with E-state index in [1.807, 2.05) is 18.2 Å². The van der Waals surface area contributed by atoms with Crippen LogP contribution in [0.25, 0.3) is 11.4 Å². The molecule has 1 amide bonds. The van der Waals surface area contributed by atoms with Crippen LogP contribution in [0, 0.1) is 0 Å². The van der Waals surface area contributed by atoms with Gasteiger partial charge in [0, 0.05) is 17.7 Å². The molecule has 0 bridgehead atoms. The van der Waals surface area contributed by atoms with Gasteiger partial charge in [-0.1, -0.05) is 18.2 Å². The SMILES string of the molecule is O=C(NCCc1ccc2c(c1)OCO2)c1ccc(-c2nn[nH]n2)cc1. The highest BCUT2D eigenvalue weighted by Gasteiger charge is 2.13. The van der Waals surface area contributed by atoms with Gasteiger partial charge in [-0.2, -0.15) is 5.21 Å². The predicted molar refractivity (Wildman–Crippen MR) is 88.2 cm³/mol. The Bertz CT molecular complexity index is 878. The lowest BCUT2D eigenvalue weighted by atomic mass is 10.1. The summed E-state index contributed by atoms with van der Waals surface area (Å²) in [6, 6.07) is 12.8. The van der Waals surface area contributed by atoms with E-state index >= 15 is 0 Å². The predicted octanol–water partition coefficient (Wildman–Crippen LogP) is 1.57. The van der Waals surface area contributed by atoms with Gasteiger partial charge >= 0.3 is 0 Å². The average molecular weight is 337 g/mol. The minimum Gasteiger partial charge on any atom is -0.454 e. The Hall–Kier alpha value is -3.42. The van der Waals surface area contributed by atoms with Crippen molar-refractivity contribution in [3.63, 3.8) is 0 Å². The molecule has 2 aromatic carbocycles. The molecule has 2 N–H and O–H groups in total. The van der Waals surface area contributed by atoms with Crippen molar-refractivity contribution in [2.24, 2.45) is 0 Å².